The number of nitrogens with two attached hydrogens (primary N) is 1. The highest BCUT2D eigenvalue weighted by atomic mass is 32.2. The third-order valence-corrected chi connectivity index (χ3v) is 4.00. The molecular weight excluding hydrogens is 326 g/mol. The van der Waals surface area contributed by atoms with E-state index in [-0.39, 0.29) is 5.11 Å². The van der Waals surface area contributed by atoms with E-state index in [0.717, 1.165) is 17.1 Å². The molecule has 0 heterocycles. The number of para-hydroxylation sites is 1. The fraction of sp³-hybridized carbons (Fsp3) is 0.176. The van der Waals surface area contributed by atoms with Crippen molar-refractivity contribution in [3.63, 3.8) is 0 Å². The maximum Gasteiger partial charge on any atom is 0.184 e. The summed E-state index contributed by atoms with van der Waals surface area (Å²) in [5, 5.41) is 4.09. The minimum Gasteiger partial charge on any atom is -0.492 e. The van der Waals surface area contributed by atoms with Gasteiger partial charge in [-0.1, -0.05) is 29.8 Å². The molecule has 0 saturated heterocycles. The minimum atomic E-state index is 0.133. The van der Waals surface area contributed by atoms with Crippen LogP contribution < -0.4 is 15.9 Å². The van der Waals surface area contributed by atoms with E-state index in [1.807, 2.05) is 24.3 Å². The number of thioether (sulfide) groups is 1. The molecule has 0 unspecified atom stereocenters. The first-order chi connectivity index (χ1) is 11.1. The summed E-state index contributed by atoms with van der Waals surface area (Å²) in [6, 6.07) is 16.2. The molecule has 0 aliphatic rings. The van der Waals surface area contributed by atoms with Crippen molar-refractivity contribution in [1.29, 1.82) is 0 Å². The molecule has 0 radical (unpaired) electrons. The third-order valence-electron chi connectivity index (χ3n) is 2.93. The van der Waals surface area contributed by atoms with Gasteiger partial charge in [-0.3, -0.25) is 5.43 Å². The van der Waals surface area contributed by atoms with Crippen LogP contribution in [0.1, 0.15) is 11.1 Å². The van der Waals surface area contributed by atoms with Gasteiger partial charge in [0.25, 0.3) is 0 Å². The van der Waals surface area contributed by atoms with Crippen LogP contribution in [0.25, 0.3) is 0 Å². The molecule has 2 aromatic rings. The van der Waals surface area contributed by atoms with Crippen LogP contribution in [0.15, 0.2) is 58.5 Å². The van der Waals surface area contributed by atoms with Gasteiger partial charge in [0.1, 0.15) is 5.75 Å². The zero-order valence-electron chi connectivity index (χ0n) is 12.9. The van der Waals surface area contributed by atoms with Crippen molar-refractivity contribution < 1.29 is 4.74 Å². The zero-order valence-corrected chi connectivity index (χ0v) is 14.5. The van der Waals surface area contributed by atoms with Crippen molar-refractivity contribution in [3.05, 3.63) is 59.7 Å². The fourth-order valence-electron chi connectivity index (χ4n) is 1.83. The van der Waals surface area contributed by atoms with Gasteiger partial charge >= 0.3 is 0 Å². The molecular formula is C17H19N3OS2. The van der Waals surface area contributed by atoms with Crippen LogP contribution in [0.4, 0.5) is 0 Å². The number of nitrogens with one attached hydrogen (secondary N) is 1. The summed E-state index contributed by atoms with van der Waals surface area (Å²) < 4.78 is 5.84. The number of hydrazone groups is 1. The van der Waals surface area contributed by atoms with E-state index in [9.17, 15) is 0 Å². The Balaban J connectivity index is 1.84. The van der Waals surface area contributed by atoms with E-state index < -0.39 is 0 Å². The Morgan fingerprint density at radius 3 is 2.74 bits per heavy atom. The molecule has 0 aliphatic carbocycles. The lowest BCUT2D eigenvalue weighted by atomic mass is 10.2. The molecule has 4 nitrogen and oxygen atoms in total. The summed E-state index contributed by atoms with van der Waals surface area (Å²) in [5.74, 6) is 1.66. The minimum absolute atomic E-state index is 0.133. The Labute approximate surface area is 146 Å². The molecule has 0 fully saturated rings. The lowest BCUT2D eigenvalue weighted by Crippen LogP contribution is -2.24. The predicted octanol–water partition coefficient (Wildman–Crippen LogP) is 3.33. The fourth-order valence-corrected chi connectivity index (χ4v) is 2.61. The summed E-state index contributed by atoms with van der Waals surface area (Å²) in [4.78, 5) is 1.25. The van der Waals surface area contributed by atoms with Gasteiger partial charge in [-0.25, -0.2) is 0 Å². The molecule has 0 saturated carbocycles. The summed E-state index contributed by atoms with van der Waals surface area (Å²) in [6.45, 7) is 2.70. The highest BCUT2D eigenvalue weighted by molar-refractivity contribution is 7.99. The van der Waals surface area contributed by atoms with Gasteiger partial charge in [0.2, 0.25) is 0 Å². The van der Waals surface area contributed by atoms with E-state index in [1.165, 1.54) is 10.5 Å². The quantitative estimate of drug-likeness (QED) is 0.265. The van der Waals surface area contributed by atoms with E-state index >= 15 is 0 Å². The normalized spacial score (nSPS) is 10.7. The van der Waals surface area contributed by atoms with Crippen LogP contribution in [-0.4, -0.2) is 23.7 Å². The van der Waals surface area contributed by atoms with Gasteiger partial charge in [-0.05, 0) is 43.4 Å². The van der Waals surface area contributed by atoms with Crippen LogP contribution in [0.5, 0.6) is 5.75 Å². The van der Waals surface area contributed by atoms with Crippen molar-refractivity contribution in [3.8, 4) is 5.75 Å². The number of hydrogen-bond acceptors (Lipinski definition) is 4. The Bertz CT molecular complexity index is 672. The van der Waals surface area contributed by atoms with Gasteiger partial charge in [-0.15, -0.1) is 11.8 Å². The number of aryl methyl sites for hydroxylation is 1. The van der Waals surface area contributed by atoms with Crippen molar-refractivity contribution in [2.45, 2.75) is 11.8 Å². The van der Waals surface area contributed by atoms with Crippen molar-refractivity contribution in [2.24, 2.45) is 10.8 Å². The lowest BCUT2D eigenvalue weighted by molar-refractivity contribution is 0.343. The molecule has 2 rings (SSSR count). The van der Waals surface area contributed by atoms with Gasteiger partial charge < -0.3 is 10.5 Å². The first-order valence-electron chi connectivity index (χ1n) is 7.15. The molecule has 0 aliphatic heterocycles. The number of ether oxygens (including phenoxy) is 1. The second kappa shape index (κ2) is 9.17. The first kappa shape index (κ1) is 17.3. The van der Waals surface area contributed by atoms with Crippen molar-refractivity contribution in [2.75, 3.05) is 12.4 Å². The molecule has 6 heteroatoms. The summed E-state index contributed by atoms with van der Waals surface area (Å²) in [6.07, 6.45) is 1.64. The molecule has 0 aromatic heterocycles. The Morgan fingerprint density at radius 2 is 2.00 bits per heavy atom. The Hall–Kier alpha value is -2.05. The molecule has 0 amide bonds. The lowest BCUT2D eigenvalue weighted by Gasteiger charge is -2.09. The van der Waals surface area contributed by atoms with E-state index in [0.29, 0.717) is 6.61 Å². The van der Waals surface area contributed by atoms with E-state index in [2.05, 4.69) is 41.7 Å². The largest absolute Gasteiger partial charge is 0.492 e. The van der Waals surface area contributed by atoms with Gasteiger partial charge in [0.15, 0.2) is 5.11 Å². The van der Waals surface area contributed by atoms with Gasteiger partial charge in [-0.2, -0.15) is 5.10 Å². The molecule has 0 spiro atoms. The second-order valence-corrected chi connectivity index (χ2v) is 6.39. The summed E-state index contributed by atoms with van der Waals surface area (Å²) in [5.41, 5.74) is 10.0. The standard InChI is InChI=1S/C17H19N3OS2/c1-13-6-8-15(9-7-13)23-11-10-21-16-5-3-2-4-14(16)12-19-20-17(18)22/h2-9,12H,10-11H2,1H3,(H3,18,20,22)/b19-12+. The van der Waals surface area contributed by atoms with Crippen LogP contribution in [-0.2, 0) is 0 Å². The van der Waals surface area contributed by atoms with Crippen LogP contribution in [0.2, 0.25) is 0 Å². The van der Waals surface area contributed by atoms with Crippen molar-refractivity contribution >= 4 is 35.3 Å². The van der Waals surface area contributed by atoms with E-state index in [1.54, 1.807) is 18.0 Å². The maximum atomic E-state index is 5.84. The molecule has 23 heavy (non-hydrogen) atoms. The van der Waals surface area contributed by atoms with Crippen LogP contribution in [0, 0.1) is 6.92 Å². The Kier molecular flexibility index (Phi) is 6.90. The smallest absolute Gasteiger partial charge is 0.184 e. The third kappa shape index (κ3) is 6.30. The SMILES string of the molecule is Cc1ccc(SCCOc2ccccc2/C=N/NC(N)=S)cc1. The number of benzene rings is 2. The van der Waals surface area contributed by atoms with Gasteiger partial charge in [0.05, 0.1) is 12.8 Å². The number of nitrogens with zero attached hydrogens (tertiary/aromatic N) is 1. The van der Waals surface area contributed by atoms with Crippen LogP contribution >= 0.6 is 24.0 Å². The summed E-state index contributed by atoms with van der Waals surface area (Å²) in [7, 11) is 0. The van der Waals surface area contributed by atoms with Gasteiger partial charge in [0, 0.05) is 16.2 Å². The van der Waals surface area contributed by atoms with E-state index in [4.69, 9.17) is 22.7 Å². The molecule has 120 valence electrons. The number of thiocarbonyl (C=S) groups is 1. The first-order valence-corrected chi connectivity index (χ1v) is 8.54. The van der Waals surface area contributed by atoms with Crippen LogP contribution in [0.3, 0.4) is 0 Å². The molecule has 3 N–H and O–H groups in total. The zero-order chi connectivity index (χ0) is 16.5. The number of rotatable bonds is 7. The highest BCUT2D eigenvalue weighted by Gasteiger charge is 2.01. The monoisotopic (exact) mass is 345 g/mol. The topological polar surface area (TPSA) is 59.6 Å². The predicted molar refractivity (Wildman–Crippen MR) is 101 cm³/mol. The average Bonchev–Trinajstić information content (AvgIpc) is 2.54. The molecule has 2 aromatic carbocycles. The average molecular weight is 345 g/mol. The highest BCUT2D eigenvalue weighted by Crippen LogP contribution is 2.20. The molecule has 0 bridgehead atoms. The maximum absolute atomic E-state index is 5.84. The number of hydrogen-bond donors (Lipinski definition) is 2. The molecule has 0 atom stereocenters. The van der Waals surface area contributed by atoms with Crippen molar-refractivity contribution in [1.82, 2.24) is 5.43 Å². The Morgan fingerprint density at radius 1 is 1.26 bits per heavy atom. The summed E-state index contributed by atoms with van der Waals surface area (Å²) >= 11 is 6.47. The second-order valence-electron chi connectivity index (χ2n) is 4.78.